The molecule has 0 saturated carbocycles. The van der Waals surface area contributed by atoms with Crippen molar-refractivity contribution in [1.29, 1.82) is 0 Å². The number of benzene rings is 1. The van der Waals surface area contributed by atoms with Crippen LogP contribution in [-0.2, 0) is 11.2 Å². The molecule has 4 rings (SSSR count). The van der Waals surface area contributed by atoms with Gasteiger partial charge in [-0.15, -0.1) is 11.3 Å². The molecule has 2 aromatic heterocycles. The SMILES string of the molecule is Cc1c(C(=O)OCCc2ccccc2)sc2nc(Cl)nc(N3CCCCC3C)c12. The van der Waals surface area contributed by atoms with E-state index in [4.69, 9.17) is 16.3 Å². The maximum atomic E-state index is 12.8. The number of fused-ring (bicyclic) bond motifs is 1. The molecule has 1 saturated heterocycles. The Morgan fingerprint density at radius 1 is 1.28 bits per heavy atom. The van der Waals surface area contributed by atoms with Gasteiger partial charge in [0.25, 0.3) is 0 Å². The molecule has 29 heavy (non-hydrogen) atoms. The number of carbonyl (C=O) groups excluding carboxylic acids is 1. The zero-order chi connectivity index (χ0) is 20.4. The molecule has 3 heterocycles. The number of piperidine rings is 1. The molecule has 0 aliphatic carbocycles. The first-order valence-corrected chi connectivity index (χ1v) is 11.2. The number of carbonyl (C=O) groups is 1. The average Bonchev–Trinajstić information content (AvgIpc) is 3.05. The molecule has 1 aromatic carbocycles. The van der Waals surface area contributed by atoms with Crippen molar-refractivity contribution in [2.75, 3.05) is 18.1 Å². The molecule has 1 aliphatic rings. The second-order valence-electron chi connectivity index (χ2n) is 7.46. The summed E-state index contributed by atoms with van der Waals surface area (Å²) in [6.45, 7) is 5.44. The lowest BCUT2D eigenvalue weighted by Crippen LogP contribution is -2.38. The van der Waals surface area contributed by atoms with Gasteiger partial charge in [-0.25, -0.2) is 9.78 Å². The monoisotopic (exact) mass is 429 g/mol. The van der Waals surface area contributed by atoms with Crippen LogP contribution in [0.2, 0.25) is 5.28 Å². The Labute approximate surface area is 179 Å². The Morgan fingerprint density at radius 2 is 2.07 bits per heavy atom. The minimum Gasteiger partial charge on any atom is -0.461 e. The van der Waals surface area contributed by atoms with E-state index in [1.165, 1.54) is 17.8 Å². The summed E-state index contributed by atoms with van der Waals surface area (Å²) < 4.78 is 5.56. The highest BCUT2D eigenvalue weighted by atomic mass is 35.5. The lowest BCUT2D eigenvalue weighted by Gasteiger charge is -2.34. The predicted molar refractivity (Wildman–Crippen MR) is 118 cm³/mol. The Balaban J connectivity index is 1.59. The normalized spacial score (nSPS) is 16.9. The fourth-order valence-corrected chi connectivity index (χ4v) is 5.16. The van der Waals surface area contributed by atoms with Crippen LogP contribution in [0.1, 0.15) is 47.0 Å². The van der Waals surface area contributed by atoms with E-state index in [1.807, 2.05) is 37.3 Å². The van der Waals surface area contributed by atoms with Crippen molar-refractivity contribution in [2.24, 2.45) is 0 Å². The summed E-state index contributed by atoms with van der Waals surface area (Å²) in [7, 11) is 0. The average molecular weight is 430 g/mol. The van der Waals surface area contributed by atoms with Gasteiger partial charge in [-0.2, -0.15) is 4.98 Å². The summed E-state index contributed by atoms with van der Waals surface area (Å²) in [5.74, 6) is 0.527. The van der Waals surface area contributed by atoms with E-state index in [2.05, 4.69) is 21.8 Å². The van der Waals surface area contributed by atoms with Crippen molar-refractivity contribution >= 4 is 44.9 Å². The molecular formula is C22H24ClN3O2S. The fraction of sp³-hybridized carbons (Fsp3) is 0.409. The smallest absolute Gasteiger partial charge is 0.348 e. The van der Waals surface area contributed by atoms with E-state index in [0.717, 1.165) is 46.5 Å². The summed E-state index contributed by atoms with van der Waals surface area (Å²) in [5.41, 5.74) is 2.02. The first kappa shape index (κ1) is 20.1. The van der Waals surface area contributed by atoms with Gasteiger partial charge in [0.15, 0.2) is 0 Å². The predicted octanol–water partition coefficient (Wildman–Crippen LogP) is 5.43. The maximum Gasteiger partial charge on any atom is 0.348 e. The largest absolute Gasteiger partial charge is 0.461 e. The van der Waals surface area contributed by atoms with E-state index >= 15 is 0 Å². The van der Waals surface area contributed by atoms with Gasteiger partial charge in [-0.1, -0.05) is 30.3 Å². The fourth-order valence-electron chi connectivity index (χ4n) is 3.88. The second-order valence-corrected chi connectivity index (χ2v) is 8.80. The highest BCUT2D eigenvalue weighted by Gasteiger charge is 2.27. The topological polar surface area (TPSA) is 55.3 Å². The number of aryl methyl sites for hydroxylation is 1. The summed E-state index contributed by atoms with van der Waals surface area (Å²) in [6.07, 6.45) is 4.17. The van der Waals surface area contributed by atoms with Crippen LogP contribution in [0.25, 0.3) is 10.2 Å². The van der Waals surface area contributed by atoms with Crippen molar-refractivity contribution < 1.29 is 9.53 Å². The number of esters is 1. The maximum absolute atomic E-state index is 12.8. The quantitative estimate of drug-likeness (QED) is 0.399. The number of halogens is 1. The molecule has 0 amide bonds. The van der Waals surface area contributed by atoms with Gasteiger partial charge in [0, 0.05) is 19.0 Å². The van der Waals surface area contributed by atoms with Crippen molar-refractivity contribution in [1.82, 2.24) is 9.97 Å². The van der Waals surface area contributed by atoms with E-state index in [9.17, 15) is 4.79 Å². The Hall–Kier alpha value is -2.18. The number of rotatable bonds is 5. The van der Waals surface area contributed by atoms with E-state index in [1.54, 1.807) is 0 Å². The highest BCUT2D eigenvalue weighted by Crippen LogP contribution is 2.38. The standard InChI is InChI=1S/C22H24ClN3O2S/c1-14-8-6-7-12-26(14)19-17-15(2)18(29-20(17)25-22(23)24-19)21(27)28-13-11-16-9-4-3-5-10-16/h3-5,9-10,14H,6-8,11-13H2,1-2H3. The number of aromatic nitrogens is 2. The summed E-state index contributed by atoms with van der Waals surface area (Å²) in [6, 6.07) is 10.4. The van der Waals surface area contributed by atoms with Gasteiger partial charge in [0.1, 0.15) is 15.5 Å². The third-order valence-electron chi connectivity index (χ3n) is 5.47. The van der Waals surface area contributed by atoms with Crippen molar-refractivity contribution in [3.05, 3.63) is 51.6 Å². The first-order valence-electron chi connectivity index (χ1n) is 9.99. The summed E-state index contributed by atoms with van der Waals surface area (Å²) >= 11 is 7.56. The zero-order valence-corrected chi connectivity index (χ0v) is 18.2. The van der Waals surface area contributed by atoms with Crippen LogP contribution in [0.3, 0.4) is 0 Å². The molecule has 0 spiro atoms. The molecule has 152 valence electrons. The molecule has 0 bridgehead atoms. The molecule has 1 atom stereocenters. The molecule has 7 heteroatoms. The minimum atomic E-state index is -0.310. The molecule has 1 unspecified atom stereocenters. The lowest BCUT2D eigenvalue weighted by molar-refractivity contribution is 0.0514. The Morgan fingerprint density at radius 3 is 2.83 bits per heavy atom. The number of nitrogens with zero attached hydrogens (tertiary/aromatic N) is 3. The number of hydrogen-bond donors (Lipinski definition) is 0. The molecule has 1 aliphatic heterocycles. The van der Waals surface area contributed by atoms with Gasteiger partial charge in [-0.05, 0) is 55.8 Å². The molecule has 3 aromatic rings. The second kappa shape index (κ2) is 8.67. The van der Waals surface area contributed by atoms with Gasteiger partial charge in [0.2, 0.25) is 5.28 Å². The molecule has 1 fully saturated rings. The number of anilines is 1. The Kier molecular flexibility index (Phi) is 6.01. The van der Waals surface area contributed by atoms with Gasteiger partial charge in [-0.3, -0.25) is 0 Å². The van der Waals surface area contributed by atoms with Gasteiger partial charge in [0.05, 0.1) is 12.0 Å². The van der Waals surface area contributed by atoms with Crippen LogP contribution in [0.4, 0.5) is 5.82 Å². The van der Waals surface area contributed by atoms with Crippen LogP contribution < -0.4 is 4.90 Å². The van der Waals surface area contributed by atoms with Crippen LogP contribution in [0.5, 0.6) is 0 Å². The van der Waals surface area contributed by atoms with Crippen LogP contribution >= 0.6 is 22.9 Å². The Bertz CT molecular complexity index is 1020. The van der Waals surface area contributed by atoms with Crippen molar-refractivity contribution in [3.8, 4) is 0 Å². The van der Waals surface area contributed by atoms with Gasteiger partial charge >= 0.3 is 5.97 Å². The van der Waals surface area contributed by atoms with Crippen molar-refractivity contribution in [3.63, 3.8) is 0 Å². The molecule has 0 N–H and O–H groups in total. The molecular weight excluding hydrogens is 406 g/mol. The van der Waals surface area contributed by atoms with E-state index in [0.29, 0.717) is 23.9 Å². The molecule has 0 radical (unpaired) electrons. The third kappa shape index (κ3) is 4.23. The first-order chi connectivity index (χ1) is 14.0. The van der Waals surface area contributed by atoms with Gasteiger partial charge < -0.3 is 9.64 Å². The van der Waals surface area contributed by atoms with Crippen LogP contribution in [0, 0.1) is 6.92 Å². The summed E-state index contributed by atoms with van der Waals surface area (Å²) in [4.78, 5) is 25.3. The van der Waals surface area contributed by atoms with Crippen LogP contribution in [-0.4, -0.2) is 35.1 Å². The molecule has 5 nitrogen and oxygen atoms in total. The minimum absolute atomic E-state index is 0.218. The number of ether oxygens (including phenoxy) is 1. The lowest BCUT2D eigenvalue weighted by atomic mass is 10.0. The number of thiophene rings is 1. The zero-order valence-electron chi connectivity index (χ0n) is 16.7. The summed E-state index contributed by atoms with van der Waals surface area (Å²) in [5, 5.41) is 1.14. The van der Waals surface area contributed by atoms with Crippen molar-refractivity contribution in [2.45, 2.75) is 45.6 Å². The number of hydrogen-bond acceptors (Lipinski definition) is 6. The van der Waals surface area contributed by atoms with Crippen LogP contribution in [0.15, 0.2) is 30.3 Å². The highest BCUT2D eigenvalue weighted by molar-refractivity contribution is 7.20. The van der Waals surface area contributed by atoms with E-state index in [-0.39, 0.29) is 11.3 Å². The third-order valence-corrected chi connectivity index (χ3v) is 6.81. The van der Waals surface area contributed by atoms with E-state index < -0.39 is 0 Å².